The molecule has 1 rings (SSSR count). The molecule has 0 unspecified atom stereocenters. The number of hydrogen-bond acceptors (Lipinski definition) is 3. The first-order valence-electron chi connectivity index (χ1n) is 4.68. The first-order chi connectivity index (χ1) is 6.24. The molecule has 1 heterocycles. The van der Waals surface area contributed by atoms with Crippen molar-refractivity contribution < 1.29 is 0 Å². The maximum Gasteiger partial charge on any atom is 0.124 e. The summed E-state index contributed by atoms with van der Waals surface area (Å²) in [6, 6.07) is 2.04. The summed E-state index contributed by atoms with van der Waals surface area (Å²) in [6.45, 7) is 3.73. The zero-order valence-electron chi connectivity index (χ0n) is 8.38. The van der Waals surface area contributed by atoms with Crippen molar-refractivity contribution in [2.75, 3.05) is 18.4 Å². The maximum absolute atomic E-state index is 5.40. The van der Waals surface area contributed by atoms with Crippen molar-refractivity contribution in [3.8, 4) is 0 Å². The van der Waals surface area contributed by atoms with Crippen molar-refractivity contribution in [2.45, 2.75) is 19.8 Å². The van der Waals surface area contributed by atoms with Gasteiger partial charge < -0.3 is 11.1 Å². The molecule has 3 N–H and O–H groups in total. The third-order valence-corrected chi connectivity index (χ3v) is 1.94. The molecule has 0 spiro atoms. The number of aryl methyl sites for hydroxylation is 2. The van der Waals surface area contributed by atoms with Gasteiger partial charge in [0.25, 0.3) is 0 Å². The van der Waals surface area contributed by atoms with E-state index < -0.39 is 0 Å². The fraction of sp³-hybridized carbons (Fsp3) is 0.667. The van der Waals surface area contributed by atoms with Gasteiger partial charge in [-0.15, -0.1) is 0 Å². The Morgan fingerprint density at radius 1 is 1.54 bits per heavy atom. The third kappa shape index (κ3) is 3.06. The van der Waals surface area contributed by atoms with E-state index in [1.165, 1.54) is 0 Å². The summed E-state index contributed by atoms with van der Waals surface area (Å²) in [6.07, 6.45) is 2.19. The molecule has 0 saturated carbocycles. The summed E-state index contributed by atoms with van der Waals surface area (Å²) in [5, 5.41) is 7.55. The van der Waals surface area contributed by atoms with E-state index in [-0.39, 0.29) is 0 Å². The van der Waals surface area contributed by atoms with Crippen molar-refractivity contribution in [3.63, 3.8) is 0 Å². The van der Waals surface area contributed by atoms with Crippen LogP contribution in [0.1, 0.15) is 18.5 Å². The molecule has 0 aliphatic heterocycles. The molecule has 0 aliphatic carbocycles. The van der Waals surface area contributed by atoms with E-state index in [0.29, 0.717) is 0 Å². The second-order valence-electron chi connectivity index (χ2n) is 3.22. The zero-order valence-corrected chi connectivity index (χ0v) is 8.38. The molecule has 0 saturated heterocycles. The van der Waals surface area contributed by atoms with Gasteiger partial charge in [-0.1, -0.05) is 0 Å². The van der Waals surface area contributed by atoms with Gasteiger partial charge in [0.15, 0.2) is 0 Å². The predicted molar refractivity (Wildman–Crippen MR) is 54.7 cm³/mol. The number of aromatic nitrogens is 2. The van der Waals surface area contributed by atoms with Gasteiger partial charge in [-0.2, -0.15) is 5.10 Å². The Balaban J connectivity index is 2.32. The van der Waals surface area contributed by atoms with Crippen LogP contribution >= 0.6 is 0 Å². The molecule has 0 aliphatic rings. The molecule has 4 nitrogen and oxygen atoms in total. The van der Waals surface area contributed by atoms with Crippen LogP contribution in [-0.4, -0.2) is 22.9 Å². The number of unbranched alkanes of at least 4 members (excludes halogenated alkanes) is 1. The fourth-order valence-electron chi connectivity index (χ4n) is 1.26. The van der Waals surface area contributed by atoms with Crippen LogP contribution in [-0.2, 0) is 7.05 Å². The van der Waals surface area contributed by atoms with E-state index in [9.17, 15) is 0 Å². The van der Waals surface area contributed by atoms with Crippen molar-refractivity contribution in [1.82, 2.24) is 9.78 Å². The highest BCUT2D eigenvalue weighted by Crippen LogP contribution is 2.07. The van der Waals surface area contributed by atoms with Crippen molar-refractivity contribution >= 4 is 5.82 Å². The Morgan fingerprint density at radius 3 is 2.85 bits per heavy atom. The zero-order chi connectivity index (χ0) is 9.68. The van der Waals surface area contributed by atoms with E-state index in [4.69, 9.17) is 5.73 Å². The van der Waals surface area contributed by atoms with Crippen molar-refractivity contribution in [2.24, 2.45) is 12.8 Å². The van der Waals surface area contributed by atoms with Gasteiger partial charge in [0.05, 0.1) is 5.69 Å². The predicted octanol–water partition coefficient (Wildman–Crippen LogP) is 0.879. The summed E-state index contributed by atoms with van der Waals surface area (Å²) < 4.78 is 1.86. The largest absolute Gasteiger partial charge is 0.370 e. The minimum Gasteiger partial charge on any atom is -0.370 e. The van der Waals surface area contributed by atoms with Gasteiger partial charge in [-0.05, 0) is 26.3 Å². The maximum atomic E-state index is 5.40. The number of nitrogens with zero attached hydrogens (tertiary/aromatic N) is 2. The number of rotatable bonds is 5. The lowest BCUT2D eigenvalue weighted by Gasteiger charge is -2.04. The molecule has 0 bridgehead atoms. The molecular formula is C9H18N4. The van der Waals surface area contributed by atoms with Crippen LogP contribution in [0.4, 0.5) is 5.82 Å². The third-order valence-electron chi connectivity index (χ3n) is 1.94. The van der Waals surface area contributed by atoms with Gasteiger partial charge >= 0.3 is 0 Å². The molecule has 1 aromatic heterocycles. The highest BCUT2D eigenvalue weighted by Gasteiger charge is 1.99. The monoisotopic (exact) mass is 182 g/mol. The molecule has 0 aromatic carbocycles. The second kappa shape index (κ2) is 4.87. The topological polar surface area (TPSA) is 55.9 Å². The summed E-state index contributed by atoms with van der Waals surface area (Å²) in [5.41, 5.74) is 6.44. The van der Waals surface area contributed by atoms with Gasteiger partial charge in [0.1, 0.15) is 5.82 Å². The van der Waals surface area contributed by atoms with Gasteiger partial charge in [-0.25, -0.2) is 0 Å². The van der Waals surface area contributed by atoms with E-state index in [1.54, 1.807) is 0 Å². The summed E-state index contributed by atoms with van der Waals surface area (Å²) in [5.74, 6) is 1.08. The SMILES string of the molecule is Cc1cc(NCCCCN)n(C)n1. The average Bonchev–Trinajstić information content (AvgIpc) is 2.39. The normalized spacial score (nSPS) is 10.4. The number of anilines is 1. The first kappa shape index (κ1) is 10.1. The molecule has 1 aromatic rings. The van der Waals surface area contributed by atoms with E-state index in [1.807, 2.05) is 24.7 Å². The summed E-state index contributed by atoms with van der Waals surface area (Å²) >= 11 is 0. The first-order valence-corrected chi connectivity index (χ1v) is 4.68. The lowest BCUT2D eigenvalue weighted by molar-refractivity contribution is 0.737. The molecule has 4 heteroatoms. The molecule has 74 valence electrons. The van der Waals surface area contributed by atoms with Crippen LogP contribution in [0.3, 0.4) is 0 Å². The molecule has 0 atom stereocenters. The van der Waals surface area contributed by atoms with Crippen LogP contribution in [0.15, 0.2) is 6.07 Å². The molecule has 0 radical (unpaired) electrons. The van der Waals surface area contributed by atoms with Crippen molar-refractivity contribution in [1.29, 1.82) is 0 Å². The Bertz CT molecular complexity index is 254. The van der Waals surface area contributed by atoms with E-state index in [0.717, 1.165) is 37.4 Å². The van der Waals surface area contributed by atoms with Crippen LogP contribution in [0, 0.1) is 6.92 Å². The Kier molecular flexibility index (Phi) is 3.76. The van der Waals surface area contributed by atoms with Crippen LogP contribution in [0.2, 0.25) is 0 Å². The Hall–Kier alpha value is -1.03. The number of nitrogens with one attached hydrogen (secondary N) is 1. The lowest BCUT2D eigenvalue weighted by Crippen LogP contribution is -2.08. The Morgan fingerprint density at radius 2 is 2.31 bits per heavy atom. The summed E-state index contributed by atoms with van der Waals surface area (Å²) in [7, 11) is 1.94. The molecular weight excluding hydrogens is 164 g/mol. The van der Waals surface area contributed by atoms with Crippen molar-refractivity contribution in [3.05, 3.63) is 11.8 Å². The molecule has 0 amide bonds. The minimum atomic E-state index is 0.770. The summed E-state index contributed by atoms with van der Waals surface area (Å²) in [4.78, 5) is 0. The highest BCUT2D eigenvalue weighted by molar-refractivity contribution is 5.36. The standard InChI is InChI=1S/C9H18N4/c1-8-7-9(13(2)12-8)11-6-4-3-5-10/h7,11H,3-6,10H2,1-2H3. The van der Waals surface area contributed by atoms with Crippen LogP contribution < -0.4 is 11.1 Å². The fourth-order valence-corrected chi connectivity index (χ4v) is 1.26. The number of nitrogens with two attached hydrogens (primary N) is 1. The highest BCUT2D eigenvalue weighted by atomic mass is 15.3. The number of hydrogen-bond donors (Lipinski definition) is 2. The van der Waals surface area contributed by atoms with Gasteiger partial charge in [0, 0.05) is 19.7 Å². The smallest absolute Gasteiger partial charge is 0.124 e. The average molecular weight is 182 g/mol. The molecule has 0 fully saturated rings. The second-order valence-corrected chi connectivity index (χ2v) is 3.22. The minimum absolute atomic E-state index is 0.770. The van der Waals surface area contributed by atoms with E-state index in [2.05, 4.69) is 10.4 Å². The molecule has 13 heavy (non-hydrogen) atoms. The van der Waals surface area contributed by atoms with Gasteiger partial charge in [-0.3, -0.25) is 4.68 Å². The Labute approximate surface area is 79.1 Å². The lowest BCUT2D eigenvalue weighted by atomic mass is 10.3. The van der Waals surface area contributed by atoms with Gasteiger partial charge in [0.2, 0.25) is 0 Å². The quantitative estimate of drug-likeness (QED) is 0.665. The van der Waals surface area contributed by atoms with Crippen LogP contribution in [0.25, 0.3) is 0 Å². The van der Waals surface area contributed by atoms with Crippen LogP contribution in [0.5, 0.6) is 0 Å². The van der Waals surface area contributed by atoms with E-state index >= 15 is 0 Å².